The number of aromatic carboxylic acids is 1. The van der Waals surface area contributed by atoms with Crippen LogP contribution in [0.4, 0.5) is 5.00 Å². The van der Waals surface area contributed by atoms with Crippen LogP contribution in [0.1, 0.15) is 15.2 Å². The number of aromatic hydroxyl groups is 1. The van der Waals surface area contributed by atoms with Crippen LogP contribution in [0.15, 0.2) is 36.4 Å². The van der Waals surface area contributed by atoms with Crippen molar-refractivity contribution in [2.75, 3.05) is 5.32 Å². The van der Waals surface area contributed by atoms with Gasteiger partial charge in [-0.15, -0.1) is 11.3 Å². The van der Waals surface area contributed by atoms with E-state index in [1.807, 2.05) is 0 Å². The highest BCUT2D eigenvalue weighted by Gasteiger charge is 2.11. The lowest BCUT2D eigenvalue weighted by Crippen LogP contribution is -2.13. The number of carbonyl (C=O) groups excluding carboxylic acids is 1. The van der Waals surface area contributed by atoms with Crippen LogP contribution in [0.5, 0.6) is 5.75 Å². The average Bonchev–Trinajstić information content (AvgIpc) is 2.80. The fraction of sp³-hybridized carbons (Fsp3) is 0.0769. The molecule has 1 aromatic carbocycles. The maximum absolute atomic E-state index is 11.8. The van der Waals surface area contributed by atoms with Crippen LogP contribution in [0.3, 0.4) is 0 Å². The van der Waals surface area contributed by atoms with Crippen LogP contribution in [-0.2, 0) is 11.2 Å². The summed E-state index contributed by atoms with van der Waals surface area (Å²) >= 11 is 0.990. The minimum atomic E-state index is -1.02. The van der Waals surface area contributed by atoms with Crippen LogP contribution in [-0.4, -0.2) is 22.1 Å². The van der Waals surface area contributed by atoms with Gasteiger partial charge in [0.1, 0.15) is 10.6 Å². The lowest BCUT2D eigenvalue weighted by atomic mass is 10.1. The molecule has 2 aromatic rings. The zero-order chi connectivity index (χ0) is 13.8. The minimum absolute atomic E-state index is 0.0347. The number of thiophene rings is 1. The van der Waals surface area contributed by atoms with Crippen molar-refractivity contribution in [1.29, 1.82) is 0 Å². The van der Waals surface area contributed by atoms with Crippen molar-refractivity contribution in [2.24, 2.45) is 0 Å². The fourth-order valence-electron chi connectivity index (χ4n) is 1.53. The van der Waals surface area contributed by atoms with Gasteiger partial charge in [-0.2, -0.15) is 0 Å². The lowest BCUT2D eigenvalue weighted by molar-refractivity contribution is -0.115. The molecule has 3 N–H and O–H groups in total. The molecule has 0 bridgehead atoms. The third kappa shape index (κ3) is 3.32. The van der Waals surface area contributed by atoms with E-state index in [1.165, 1.54) is 18.2 Å². The molecule has 0 unspecified atom stereocenters. The van der Waals surface area contributed by atoms with E-state index in [4.69, 9.17) is 5.11 Å². The Morgan fingerprint density at radius 1 is 1.16 bits per heavy atom. The van der Waals surface area contributed by atoms with Gasteiger partial charge >= 0.3 is 5.97 Å². The minimum Gasteiger partial charge on any atom is -0.508 e. The summed E-state index contributed by atoms with van der Waals surface area (Å²) in [5, 5.41) is 21.4. The first kappa shape index (κ1) is 13.1. The number of phenolic OH excluding ortho intramolecular Hbond substituents is 1. The van der Waals surface area contributed by atoms with Gasteiger partial charge in [-0.05, 0) is 18.2 Å². The predicted octanol–water partition coefficient (Wildman–Crippen LogP) is 2.33. The second-order valence-corrected chi connectivity index (χ2v) is 4.91. The molecule has 0 atom stereocenters. The zero-order valence-electron chi connectivity index (χ0n) is 9.79. The molecular weight excluding hydrogens is 266 g/mol. The van der Waals surface area contributed by atoms with Crippen molar-refractivity contribution in [3.05, 3.63) is 46.8 Å². The molecule has 0 aliphatic carbocycles. The van der Waals surface area contributed by atoms with Crippen molar-refractivity contribution in [2.45, 2.75) is 6.42 Å². The largest absolute Gasteiger partial charge is 0.508 e. The van der Waals surface area contributed by atoms with E-state index in [1.54, 1.807) is 18.2 Å². The topological polar surface area (TPSA) is 86.6 Å². The molecule has 0 saturated carbocycles. The SMILES string of the molecule is O=C(Cc1ccccc1O)Nc1ccc(C(=O)O)s1. The summed E-state index contributed by atoms with van der Waals surface area (Å²) in [6.45, 7) is 0. The monoisotopic (exact) mass is 277 g/mol. The second-order valence-electron chi connectivity index (χ2n) is 3.82. The average molecular weight is 277 g/mol. The second kappa shape index (κ2) is 5.53. The van der Waals surface area contributed by atoms with E-state index in [0.717, 1.165) is 11.3 Å². The van der Waals surface area contributed by atoms with Crippen molar-refractivity contribution >= 4 is 28.2 Å². The van der Waals surface area contributed by atoms with E-state index in [2.05, 4.69) is 5.32 Å². The number of amides is 1. The highest BCUT2D eigenvalue weighted by atomic mass is 32.1. The maximum atomic E-state index is 11.8. The fourth-order valence-corrected chi connectivity index (χ4v) is 2.30. The standard InChI is InChI=1S/C13H11NO4S/c15-9-4-2-1-3-8(9)7-11(16)14-12-6-5-10(19-12)13(17)18/h1-6,15H,7H2,(H,14,16)(H,17,18). The molecule has 1 aromatic heterocycles. The number of benzene rings is 1. The number of hydrogen-bond acceptors (Lipinski definition) is 4. The summed E-state index contributed by atoms with van der Waals surface area (Å²) in [5.41, 5.74) is 0.523. The van der Waals surface area contributed by atoms with Gasteiger partial charge in [0.2, 0.25) is 5.91 Å². The molecule has 98 valence electrons. The molecule has 1 heterocycles. The van der Waals surface area contributed by atoms with Gasteiger partial charge in [0.05, 0.1) is 11.4 Å². The van der Waals surface area contributed by atoms with Crippen LogP contribution in [0.25, 0.3) is 0 Å². The van der Waals surface area contributed by atoms with Gasteiger partial charge in [0.25, 0.3) is 0 Å². The molecular formula is C13H11NO4S. The van der Waals surface area contributed by atoms with Gasteiger partial charge in [-0.3, -0.25) is 4.79 Å². The van der Waals surface area contributed by atoms with Crippen LogP contribution < -0.4 is 5.32 Å². The summed E-state index contributed by atoms with van der Waals surface area (Å²) in [6, 6.07) is 9.55. The number of anilines is 1. The van der Waals surface area contributed by atoms with E-state index in [-0.39, 0.29) is 23.0 Å². The summed E-state index contributed by atoms with van der Waals surface area (Å²) in [6.07, 6.45) is 0.0347. The lowest BCUT2D eigenvalue weighted by Gasteiger charge is -2.04. The number of hydrogen-bond donors (Lipinski definition) is 3. The van der Waals surface area contributed by atoms with Crippen LogP contribution in [0.2, 0.25) is 0 Å². The molecule has 0 spiro atoms. The molecule has 0 aliphatic rings. The molecule has 0 aliphatic heterocycles. The third-order valence-corrected chi connectivity index (χ3v) is 3.41. The molecule has 1 amide bonds. The number of para-hydroxylation sites is 1. The number of carboxylic acid groups (broad SMARTS) is 1. The molecule has 19 heavy (non-hydrogen) atoms. The molecule has 0 saturated heterocycles. The normalized spacial score (nSPS) is 10.1. The van der Waals surface area contributed by atoms with Crippen molar-refractivity contribution in [1.82, 2.24) is 0 Å². The molecule has 6 heteroatoms. The van der Waals surface area contributed by atoms with Crippen LogP contribution >= 0.6 is 11.3 Å². The Morgan fingerprint density at radius 2 is 1.89 bits per heavy atom. The van der Waals surface area contributed by atoms with Gasteiger partial charge in [0.15, 0.2) is 0 Å². The van der Waals surface area contributed by atoms with E-state index < -0.39 is 5.97 Å². The number of nitrogens with one attached hydrogen (secondary N) is 1. The highest BCUT2D eigenvalue weighted by molar-refractivity contribution is 7.18. The highest BCUT2D eigenvalue weighted by Crippen LogP contribution is 2.22. The summed E-state index contributed by atoms with van der Waals surface area (Å²) in [7, 11) is 0. The van der Waals surface area contributed by atoms with Crippen molar-refractivity contribution < 1.29 is 19.8 Å². The Morgan fingerprint density at radius 3 is 2.53 bits per heavy atom. The molecule has 0 fully saturated rings. The molecule has 5 nitrogen and oxygen atoms in total. The number of phenols is 1. The molecule has 2 rings (SSSR count). The number of carboxylic acids is 1. The quantitative estimate of drug-likeness (QED) is 0.800. The van der Waals surface area contributed by atoms with Gasteiger partial charge in [-0.25, -0.2) is 4.79 Å². The Bertz CT molecular complexity index is 621. The Kier molecular flexibility index (Phi) is 3.82. The first-order valence-electron chi connectivity index (χ1n) is 5.46. The predicted molar refractivity (Wildman–Crippen MR) is 71.7 cm³/mol. The summed E-state index contributed by atoms with van der Waals surface area (Å²) in [5.74, 6) is -1.26. The van der Waals surface area contributed by atoms with Crippen molar-refractivity contribution in [3.8, 4) is 5.75 Å². The Hall–Kier alpha value is -2.34. The van der Waals surface area contributed by atoms with Gasteiger partial charge in [-0.1, -0.05) is 18.2 Å². The van der Waals surface area contributed by atoms with Gasteiger partial charge < -0.3 is 15.5 Å². The third-order valence-electron chi connectivity index (χ3n) is 2.42. The first-order valence-corrected chi connectivity index (χ1v) is 6.28. The van der Waals surface area contributed by atoms with E-state index in [9.17, 15) is 14.7 Å². The van der Waals surface area contributed by atoms with E-state index in [0.29, 0.717) is 10.6 Å². The summed E-state index contributed by atoms with van der Waals surface area (Å²) in [4.78, 5) is 22.6. The van der Waals surface area contributed by atoms with Crippen LogP contribution in [0, 0.1) is 0 Å². The number of carbonyl (C=O) groups is 2. The Balaban J connectivity index is 2.01. The summed E-state index contributed by atoms with van der Waals surface area (Å²) < 4.78 is 0. The van der Waals surface area contributed by atoms with Gasteiger partial charge in [0, 0.05) is 5.56 Å². The number of rotatable bonds is 4. The smallest absolute Gasteiger partial charge is 0.345 e. The maximum Gasteiger partial charge on any atom is 0.345 e. The zero-order valence-corrected chi connectivity index (χ0v) is 10.6. The Labute approximate surface area is 113 Å². The van der Waals surface area contributed by atoms with Crippen molar-refractivity contribution in [3.63, 3.8) is 0 Å². The first-order chi connectivity index (χ1) is 9.06. The van der Waals surface area contributed by atoms with E-state index >= 15 is 0 Å². The molecule has 0 radical (unpaired) electrons.